The molecular formula is C13H21FN2. The van der Waals surface area contributed by atoms with Gasteiger partial charge in [-0.25, -0.2) is 4.39 Å². The Balaban J connectivity index is 2.70. The summed E-state index contributed by atoms with van der Waals surface area (Å²) < 4.78 is 13.5. The van der Waals surface area contributed by atoms with E-state index in [1.54, 1.807) is 6.07 Å². The van der Waals surface area contributed by atoms with Crippen molar-refractivity contribution in [3.8, 4) is 0 Å². The molecule has 16 heavy (non-hydrogen) atoms. The highest BCUT2D eigenvalue weighted by Gasteiger charge is 2.17. The second-order valence-electron chi connectivity index (χ2n) is 4.55. The van der Waals surface area contributed by atoms with Crippen molar-refractivity contribution in [1.29, 1.82) is 0 Å². The predicted molar refractivity (Wildman–Crippen MR) is 65.5 cm³/mol. The van der Waals surface area contributed by atoms with Crippen LogP contribution in [-0.4, -0.2) is 24.5 Å². The number of halogens is 1. The molecule has 1 unspecified atom stereocenters. The predicted octanol–water partition coefficient (Wildman–Crippen LogP) is 2.24. The topological polar surface area (TPSA) is 29.3 Å². The third kappa shape index (κ3) is 3.29. The lowest BCUT2D eigenvalue weighted by molar-refractivity contribution is 0.188. The zero-order valence-electron chi connectivity index (χ0n) is 10.3. The van der Waals surface area contributed by atoms with Crippen molar-refractivity contribution >= 4 is 0 Å². The molecule has 0 aliphatic heterocycles. The average Bonchev–Trinajstić information content (AvgIpc) is 2.22. The van der Waals surface area contributed by atoms with Gasteiger partial charge in [0.1, 0.15) is 5.82 Å². The van der Waals surface area contributed by atoms with E-state index in [0.717, 1.165) is 5.56 Å². The van der Waals surface area contributed by atoms with Crippen LogP contribution in [0, 0.1) is 11.7 Å². The van der Waals surface area contributed by atoms with Crippen LogP contribution in [0.2, 0.25) is 0 Å². The summed E-state index contributed by atoms with van der Waals surface area (Å²) in [4.78, 5) is 2.11. The van der Waals surface area contributed by atoms with Crippen LogP contribution in [-0.2, 0) is 6.54 Å². The minimum atomic E-state index is -0.145. The van der Waals surface area contributed by atoms with Crippen LogP contribution in [0.5, 0.6) is 0 Å². The molecule has 1 aromatic rings. The van der Waals surface area contributed by atoms with Crippen LogP contribution in [0.25, 0.3) is 0 Å². The van der Waals surface area contributed by atoms with Crippen molar-refractivity contribution in [3.05, 3.63) is 35.6 Å². The second-order valence-corrected chi connectivity index (χ2v) is 4.55. The highest BCUT2D eigenvalue weighted by atomic mass is 19.1. The highest BCUT2D eigenvalue weighted by Crippen LogP contribution is 2.14. The molecule has 0 radical (unpaired) electrons. The molecule has 0 amide bonds. The van der Waals surface area contributed by atoms with E-state index in [1.807, 2.05) is 19.2 Å². The van der Waals surface area contributed by atoms with Gasteiger partial charge in [0, 0.05) is 24.7 Å². The van der Waals surface area contributed by atoms with Gasteiger partial charge in [-0.05, 0) is 19.0 Å². The van der Waals surface area contributed by atoms with Crippen LogP contribution < -0.4 is 5.73 Å². The first kappa shape index (κ1) is 13.1. The summed E-state index contributed by atoms with van der Waals surface area (Å²) in [7, 11) is 1.99. The monoisotopic (exact) mass is 224 g/mol. The fourth-order valence-electron chi connectivity index (χ4n) is 1.97. The Labute approximate surface area is 97.3 Å². The van der Waals surface area contributed by atoms with E-state index in [4.69, 9.17) is 5.73 Å². The van der Waals surface area contributed by atoms with Crippen LogP contribution in [0.15, 0.2) is 24.3 Å². The summed E-state index contributed by atoms with van der Waals surface area (Å²) in [6.07, 6.45) is 0. The van der Waals surface area contributed by atoms with Gasteiger partial charge in [0.15, 0.2) is 0 Å². The summed E-state index contributed by atoms with van der Waals surface area (Å²) in [5.41, 5.74) is 6.46. The number of hydrogen-bond donors (Lipinski definition) is 1. The average molecular weight is 224 g/mol. The van der Waals surface area contributed by atoms with Crippen LogP contribution in [0.3, 0.4) is 0 Å². The van der Waals surface area contributed by atoms with Gasteiger partial charge in [-0.2, -0.15) is 0 Å². The maximum Gasteiger partial charge on any atom is 0.127 e. The van der Waals surface area contributed by atoms with E-state index in [9.17, 15) is 4.39 Å². The SMILES string of the molecule is CC(C)C(CN)N(C)Cc1ccccc1F. The Morgan fingerprint density at radius 3 is 2.44 bits per heavy atom. The lowest BCUT2D eigenvalue weighted by atomic mass is 10.0. The third-order valence-corrected chi connectivity index (χ3v) is 2.95. The summed E-state index contributed by atoms with van der Waals surface area (Å²) in [5.74, 6) is 0.329. The molecule has 2 nitrogen and oxygen atoms in total. The maximum absolute atomic E-state index is 13.5. The molecule has 1 aromatic carbocycles. The molecular weight excluding hydrogens is 203 g/mol. The van der Waals surface area contributed by atoms with E-state index in [-0.39, 0.29) is 5.82 Å². The van der Waals surface area contributed by atoms with Crippen LogP contribution in [0.4, 0.5) is 4.39 Å². The van der Waals surface area contributed by atoms with E-state index >= 15 is 0 Å². The first-order valence-corrected chi connectivity index (χ1v) is 5.70. The molecule has 0 fully saturated rings. The molecule has 0 aliphatic rings. The van der Waals surface area contributed by atoms with E-state index < -0.39 is 0 Å². The second kappa shape index (κ2) is 5.97. The lowest BCUT2D eigenvalue weighted by Gasteiger charge is -2.30. The van der Waals surface area contributed by atoms with E-state index in [0.29, 0.717) is 25.0 Å². The summed E-state index contributed by atoms with van der Waals surface area (Å²) in [6.45, 7) is 5.47. The summed E-state index contributed by atoms with van der Waals surface area (Å²) >= 11 is 0. The quantitative estimate of drug-likeness (QED) is 0.831. The van der Waals surface area contributed by atoms with E-state index in [1.165, 1.54) is 6.07 Å². The Bertz CT molecular complexity index is 325. The van der Waals surface area contributed by atoms with Gasteiger partial charge in [0.05, 0.1) is 0 Å². The number of rotatable bonds is 5. The lowest BCUT2D eigenvalue weighted by Crippen LogP contribution is -2.41. The smallest absolute Gasteiger partial charge is 0.127 e. The molecule has 90 valence electrons. The van der Waals surface area contributed by atoms with Crippen molar-refractivity contribution in [2.24, 2.45) is 11.7 Å². The van der Waals surface area contributed by atoms with Crippen molar-refractivity contribution < 1.29 is 4.39 Å². The molecule has 3 heteroatoms. The zero-order chi connectivity index (χ0) is 12.1. The molecule has 0 saturated heterocycles. The molecule has 0 aliphatic carbocycles. The number of benzene rings is 1. The molecule has 1 atom stereocenters. The van der Waals surface area contributed by atoms with Gasteiger partial charge >= 0.3 is 0 Å². The van der Waals surface area contributed by atoms with Gasteiger partial charge in [-0.1, -0.05) is 32.0 Å². The molecule has 0 bridgehead atoms. The minimum absolute atomic E-state index is 0.145. The molecule has 0 heterocycles. The van der Waals surface area contributed by atoms with Crippen molar-refractivity contribution in [2.75, 3.05) is 13.6 Å². The number of nitrogens with two attached hydrogens (primary N) is 1. The molecule has 0 aromatic heterocycles. The van der Waals surface area contributed by atoms with Crippen molar-refractivity contribution in [2.45, 2.75) is 26.4 Å². The first-order chi connectivity index (χ1) is 7.56. The minimum Gasteiger partial charge on any atom is -0.329 e. The van der Waals surface area contributed by atoms with Crippen LogP contribution >= 0.6 is 0 Å². The fourth-order valence-corrected chi connectivity index (χ4v) is 1.97. The Kier molecular flexibility index (Phi) is 4.90. The third-order valence-electron chi connectivity index (χ3n) is 2.95. The number of likely N-dealkylation sites (N-methyl/N-ethyl adjacent to an activating group) is 1. The Hall–Kier alpha value is -0.930. The normalized spacial score (nSPS) is 13.4. The molecule has 2 N–H and O–H groups in total. The van der Waals surface area contributed by atoms with Gasteiger partial charge in [-0.3, -0.25) is 4.90 Å². The fraction of sp³-hybridized carbons (Fsp3) is 0.538. The number of nitrogens with zero attached hydrogens (tertiary/aromatic N) is 1. The Morgan fingerprint density at radius 2 is 1.94 bits per heavy atom. The van der Waals surface area contributed by atoms with E-state index in [2.05, 4.69) is 18.7 Å². The first-order valence-electron chi connectivity index (χ1n) is 5.70. The summed E-state index contributed by atoms with van der Waals surface area (Å²) in [5, 5.41) is 0. The van der Waals surface area contributed by atoms with Gasteiger partial charge in [0.25, 0.3) is 0 Å². The molecule has 0 saturated carbocycles. The Morgan fingerprint density at radius 1 is 1.31 bits per heavy atom. The molecule has 1 rings (SSSR count). The summed E-state index contributed by atoms with van der Waals surface area (Å²) in [6, 6.07) is 7.18. The van der Waals surface area contributed by atoms with Gasteiger partial charge < -0.3 is 5.73 Å². The largest absolute Gasteiger partial charge is 0.329 e. The zero-order valence-corrected chi connectivity index (χ0v) is 10.3. The maximum atomic E-state index is 13.5. The highest BCUT2D eigenvalue weighted by molar-refractivity contribution is 5.17. The van der Waals surface area contributed by atoms with Crippen molar-refractivity contribution in [1.82, 2.24) is 4.90 Å². The standard InChI is InChI=1S/C13H21FN2/c1-10(2)13(8-15)16(3)9-11-6-4-5-7-12(11)14/h4-7,10,13H,8-9,15H2,1-3H3. The van der Waals surface area contributed by atoms with Gasteiger partial charge in [0.2, 0.25) is 0 Å². The van der Waals surface area contributed by atoms with Crippen LogP contribution in [0.1, 0.15) is 19.4 Å². The molecule has 0 spiro atoms. The number of hydrogen-bond acceptors (Lipinski definition) is 2. The van der Waals surface area contributed by atoms with Crippen molar-refractivity contribution in [3.63, 3.8) is 0 Å². The van der Waals surface area contributed by atoms with Gasteiger partial charge in [-0.15, -0.1) is 0 Å².